The van der Waals surface area contributed by atoms with E-state index in [0.29, 0.717) is 54.5 Å². The summed E-state index contributed by atoms with van der Waals surface area (Å²) in [4.78, 5) is 30.7. The number of phenols is 1. The SMILES string of the molecule is CC#Cc1cc(CNC[C@H](O[Si](C)(C)C(C)(C)C)c2ccc(O)c3[nH]c(=O)ccc23)c(OC)cc1NC(=O)CCN1CCC(c2ccccc2-c2ccccc2)CC1. The van der Waals surface area contributed by atoms with E-state index in [1.54, 1.807) is 26.2 Å². The molecule has 0 radical (unpaired) electrons. The van der Waals surface area contributed by atoms with Gasteiger partial charge in [0.2, 0.25) is 11.5 Å². The minimum Gasteiger partial charge on any atom is -0.506 e. The standard InChI is InChI=1S/C48H58N4O5Si/c1-8-14-35-29-36(31-49-32-44(57-58(6,7)48(2,3)4)39-19-21-42(53)47-40(39)20-22-45(54)51-47)43(56-5)30-41(35)50-46(55)25-28-52-26-23-34(24-27-52)38-18-13-12-17-37(38)33-15-10-9-11-16-33/h9-13,15-22,29-30,34,44,49,53H,23-28,31-32H2,1-7H3,(H,50,55)(H,51,54)/t44-/m0/s1. The number of anilines is 1. The van der Waals surface area contributed by atoms with Crippen molar-refractivity contribution in [3.8, 4) is 34.5 Å². The molecule has 0 saturated carbocycles. The molecule has 0 unspecified atom stereocenters. The molecule has 10 heteroatoms. The molecule has 1 saturated heterocycles. The largest absolute Gasteiger partial charge is 0.506 e. The van der Waals surface area contributed by atoms with Gasteiger partial charge in [0.1, 0.15) is 11.5 Å². The van der Waals surface area contributed by atoms with Gasteiger partial charge in [0.15, 0.2) is 8.32 Å². The van der Waals surface area contributed by atoms with E-state index in [1.807, 2.05) is 18.2 Å². The Hall–Kier alpha value is -5.18. The monoisotopic (exact) mass is 798 g/mol. The number of benzene rings is 4. The molecule has 0 aliphatic carbocycles. The summed E-state index contributed by atoms with van der Waals surface area (Å²) in [5.74, 6) is 7.28. The summed E-state index contributed by atoms with van der Waals surface area (Å²) < 4.78 is 12.9. The van der Waals surface area contributed by atoms with E-state index in [4.69, 9.17) is 9.16 Å². The highest BCUT2D eigenvalue weighted by Gasteiger charge is 2.40. The van der Waals surface area contributed by atoms with Gasteiger partial charge in [0, 0.05) is 54.7 Å². The van der Waals surface area contributed by atoms with Gasteiger partial charge in [0.25, 0.3) is 0 Å². The molecule has 1 amide bonds. The first-order chi connectivity index (χ1) is 27.8. The number of methoxy groups -OCH3 is 1. The lowest BCUT2D eigenvalue weighted by Gasteiger charge is -2.39. The maximum Gasteiger partial charge on any atom is 0.248 e. The fourth-order valence-electron chi connectivity index (χ4n) is 7.59. The minimum atomic E-state index is -2.26. The van der Waals surface area contributed by atoms with Crippen LogP contribution in [0, 0.1) is 11.8 Å². The highest BCUT2D eigenvalue weighted by atomic mass is 28.4. The van der Waals surface area contributed by atoms with Gasteiger partial charge in [-0.1, -0.05) is 87.4 Å². The van der Waals surface area contributed by atoms with Crippen molar-refractivity contribution in [3.63, 3.8) is 0 Å². The maximum atomic E-state index is 13.4. The first-order valence-corrected chi connectivity index (χ1v) is 23.2. The average Bonchev–Trinajstić information content (AvgIpc) is 3.21. The van der Waals surface area contributed by atoms with E-state index in [2.05, 4.69) is 121 Å². The zero-order chi connectivity index (χ0) is 41.5. The van der Waals surface area contributed by atoms with Crippen molar-refractivity contribution in [1.82, 2.24) is 15.2 Å². The van der Waals surface area contributed by atoms with Gasteiger partial charge in [-0.25, -0.2) is 0 Å². The van der Waals surface area contributed by atoms with E-state index in [1.165, 1.54) is 22.8 Å². The highest BCUT2D eigenvalue weighted by Crippen LogP contribution is 2.41. The van der Waals surface area contributed by atoms with Crippen LogP contribution in [0.5, 0.6) is 11.5 Å². The third kappa shape index (κ3) is 10.1. The number of amides is 1. The van der Waals surface area contributed by atoms with Gasteiger partial charge in [-0.3, -0.25) is 9.59 Å². The summed E-state index contributed by atoms with van der Waals surface area (Å²) in [6, 6.07) is 29.9. The smallest absolute Gasteiger partial charge is 0.248 e. The van der Waals surface area contributed by atoms with Crippen LogP contribution in [0.2, 0.25) is 18.1 Å². The van der Waals surface area contributed by atoms with Crippen LogP contribution in [0.3, 0.4) is 0 Å². The van der Waals surface area contributed by atoms with Crippen molar-refractivity contribution < 1.29 is 19.1 Å². The Balaban J connectivity index is 1.10. The highest BCUT2D eigenvalue weighted by molar-refractivity contribution is 6.74. The topological polar surface area (TPSA) is 116 Å². The first-order valence-electron chi connectivity index (χ1n) is 20.3. The third-order valence-corrected chi connectivity index (χ3v) is 16.3. The molecule has 1 fully saturated rings. The lowest BCUT2D eigenvalue weighted by atomic mass is 9.84. The van der Waals surface area contributed by atoms with Crippen LogP contribution in [0.1, 0.15) is 81.2 Å². The number of aromatic nitrogens is 1. The number of fused-ring (bicyclic) bond motifs is 1. The number of hydrogen-bond donors (Lipinski definition) is 4. The van der Waals surface area contributed by atoms with Crippen molar-refractivity contribution in [3.05, 3.63) is 124 Å². The molecule has 1 aliphatic heterocycles. The summed E-state index contributed by atoms with van der Waals surface area (Å²) in [5.41, 5.74) is 7.19. The van der Waals surface area contributed by atoms with E-state index < -0.39 is 8.32 Å². The third-order valence-electron chi connectivity index (χ3n) is 11.8. The maximum absolute atomic E-state index is 13.4. The molecule has 58 heavy (non-hydrogen) atoms. The second-order valence-corrected chi connectivity index (χ2v) is 21.5. The Morgan fingerprint density at radius 1 is 1.00 bits per heavy atom. The van der Waals surface area contributed by atoms with Crippen molar-refractivity contribution in [2.45, 2.75) is 83.7 Å². The molecule has 0 bridgehead atoms. The number of carbonyl (C=O) groups excluding carboxylic acids is 1. The normalized spacial score (nSPS) is 14.5. The molecule has 304 valence electrons. The Morgan fingerprint density at radius 3 is 2.43 bits per heavy atom. The number of H-pyrrole nitrogens is 1. The second kappa shape index (κ2) is 18.6. The number of likely N-dealkylation sites (tertiary alicyclic amines) is 1. The molecule has 0 spiro atoms. The van der Waals surface area contributed by atoms with Crippen molar-refractivity contribution in [1.29, 1.82) is 0 Å². The van der Waals surface area contributed by atoms with Crippen LogP contribution in [0.25, 0.3) is 22.0 Å². The Kier molecular flexibility index (Phi) is 13.6. The van der Waals surface area contributed by atoms with Crippen LogP contribution >= 0.6 is 0 Å². The van der Waals surface area contributed by atoms with Gasteiger partial charge < -0.3 is 34.8 Å². The van der Waals surface area contributed by atoms with Crippen LogP contribution in [-0.2, 0) is 15.8 Å². The number of pyridine rings is 1. The molecule has 1 atom stereocenters. The first kappa shape index (κ1) is 42.4. The van der Waals surface area contributed by atoms with Gasteiger partial charge in [-0.15, -0.1) is 5.92 Å². The van der Waals surface area contributed by atoms with Gasteiger partial charge in [-0.05, 0) is 97.4 Å². The fourth-order valence-corrected chi connectivity index (χ4v) is 8.87. The van der Waals surface area contributed by atoms with E-state index in [0.717, 1.165) is 42.4 Å². The quantitative estimate of drug-likeness (QED) is 0.0654. The fraction of sp³-hybridized carbons (Fsp3) is 0.375. The molecule has 1 aliphatic rings. The number of phenolic OH excluding ortho intramolecular Hbond substituents is 1. The number of aromatic amines is 1. The molecule has 6 rings (SSSR count). The molecular weight excluding hydrogens is 741 g/mol. The molecule has 9 nitrogen and oxygen atoms in total. The summed E-state index contributed by atoms with van der Waals surface area (Å²) >= 11 is 0. The predicted molar refractivity (Wildman–Crippen MR) is 238 cm³/mol. The van der Waals surface area contributed by atoms with Gasteiger partial charge >= 0.3 is 0 Å². The summed E-state index contributed by atoms with van der Waals surface area (Å²) in [6.45, 7) is 16.3. The number of nitrogens with one attached hydrogen (secondary N) is 3. The number of aromatic hydroxyl groups is 1. The summed E-state index contributed by atoms with van der Waals surface area (Å²) in [6.07, 6.45) is 2.13. The average molecular weight is 799 g/mol. The predicted octanol–water partition coefficient (Wildman–Crippen LogP) is 9.34. The van der Waals surface area contributed by atoms with Gasteiger partial charge in [0.05, 0.1) is 24.4 Å². The number of nitrogens with zero attached hydrogens (tertiary/aromatic N) is 1. The molecule has 1 aromatic heterocycles. The van der Waals surface area contributed by atoms with Crippen LogP contribution in [0.4, 0.5) is 5.69 Å². The zero-order valence-corrected chi connectivity index (χ0v) is 36.0. The number of piperidine rings is 1. The van der Waals surface area contributed by atoms with Crippen molar-refractivity contribution >= 4 is 30.8 Å². The molecular formula is C48H58N4O5Si. The number of ether oxygens (including phenoxy) is 1. The second-order valence-electron chi connectivity index (χ2n) is 16.7. The lowest BCUT2D eigenvalue weighted by molar-refractivity contribution is -0.116. The molecule has 4 N–H and O–H groups in total. The summed E-state index contributed by atoms with van der Waals surface area (Å²) in [5, 5.41) is 18.0. The van der Waals surface area contributed by atoms with Crippen LogP contribution in [-0.4, -0.2) is 62.5 Å². The Morgan fingerprint density at radius 2 is 1.72 bits per heavy atom. The van der Waals surface area contributed by atoms with E-state index in [9.17, 15) is 14.7 Å². The van der Waals surface area contributed by atoms with Crippen molar-refractivity contribution in [2.24, 2.45) is 0 Å². The number of rotatable bonds is 14. The number of hydrogen-bond acceptors (Lipinski definition) is 7. The van der Waals surface area contributed by atoms with Crippen LogP contribution in [0.15, 0.2) is 95.8 Å². The Bertz CT molecular complexity index is 2330. The molecule has 5 aromatic rings. The molecule has 4 aromatic carbocycles. The van der Waals surface area contributed by atoms with E-state index in [-0.39, 0.29) is 28.4 Å². The van der Waals surface area contributed by atoms with Gasteiger partial charge in [-0.2, -0.15) is 0 Å². The Labute approximate surface area is 344 Å². The lowest BCUT2D eigenvalue weighted by Crippen LogP contribution is -2.43. The summed E-state index contributed by atoms with van der Waals surface area (Å²) in [7, 11) is -0.634. The van der Waals surface area contributed by atoms with Crippen molar-refractivity contribution in [2.75, 3.05) is 38.6 Å². The minimum absolute atomic E-state index is 0.0123. The van der Waals surface area contributed by atoms with E-state index >= 15 is 0 Å². The van der Waals surface area contributed by atoms with Crippen LogP contribution < -0.4 is 20.9 Å². The number of carbonyl (C=O) groups is 1. The zero-order valence-electron chi connectivity index (χ0n) is 35.0. The molecule has 2 heterocycles.